The molecular formula is C12H12ClN3O. The van der Waals surface area contributed by atoms with Crippen LogP contribution in [0.1, 0.15) is 11.4 Å². The third kappa shape index (κ3) is 2.93. The van der Waals surface area contributed by atoms with Crippen LogP contribution in [0.3, 0.4) is 0 Å². The van der Waals surface area contributed by atoms with Crippen LogP contribution in [-0.2, 0) is 6.54 Å². The lowest BCUT2D eigenvalue weighted by Crippen LogP contribution is -1.97. The fraction of sp³-hybridized carbons (Fsp3) is 0.167. The third-order valence-corrected chi connectivity index (χ3v) is 2.57. The highest BCUT2D eigenvalue weighted by atomic mass is 35.5. The fourth-order valence-corrected chi connectivity index (χ4v) is 1.62. The monoisotopic (exact) mass is 249 g/mol. The zero-order valence-corrected chi connectivity index (χ0v) is 10.1. The number of aromatic nitrogens is 2. The van der Waals surface area contributed by atoms with Crippen LogP contribution in [0.5, 0.6) is 11.6 Å². The van der Waals surface area contributed by atoms with Crippen LogP contribution >= 0.6 is 11.6 Å². The standard InChI is InChI=1S/C12H12ClN3O/c1-8-15-5-4-12(16-8)17-10-3-2-9(7-14)11(13)6-10/h2-6H,7,14H2,1H3. The van der Waals surface area contributed by atoms with Crippen molar-refractivity contribution in [2.24, 2.45) is 5.73 Å². The van der Waals surface area contributed by atoms with Gasteiger partial charge in [0, 0.05) is 23.8 Å². The van der Waals surface area contributed by atoms with Gasteiger partial charge in [0.05, 0.1) is 0 Å². The van der Waals surface area contributed by atoms with Crippen molar-refractivity contribution in [3.05, 3.63) is 46.9 Å². The van der Waals surface area contributed by atoms with Gasteiger partial charge in [-0.05, 0) is 24.6 Å². The Balaban J connectivity index is 2.22. The minimum atomic E-state index is 0.408. The molecule has 4 nitrogen and oxygen atoms in total. The number of aryl methyl sites for hydroxylation is 1. The lowest BCUT2D eigenvalue weighted by molar-refractivity contribution is 0.459. The number of hydrogen-bond acceptors (Lipinski definition) is 4. The summed E-state index contributed by atoms with van der Waals surface area (Å²) in [6.45, 7) is 2.21. The molecule has 0 unspecified atom stereocenters. The van der Waals surface area contributed by atoms with Crippen LogP contribution < -0.4 is 10.5 Å². The van der Waals surface area contributed by atoms with Gasteiger partial charge in [0.2, 0.25) is 5.88 Å². The zero-order chi connectivity index (χ0) is 12.3. The number of nitrogens with zero attached hydrogens (tertiary/aromatic N) is 2. The maximum atomic E-state index is 6.03. The van der Waals surface area contributed by atoms with E-state index in [0.717, 1.165) is 5.56 Å². The summed E-state index contributed by atoms with van der Waals surface area (Å²) in [5, 5.41) is 0.593. The van der Waals surface area contributed by atoms with Crippen molar-refractivity contribution >= 4 is 11.6 Å². The van der Waals surface area contributed by atoms with Crippen LogP contribution in [0.4, 0.5) is 0 Å². The predicted molar refractivity (Wildman–Crippen MR) is 66.2 cm³/mol. The van der Waals surface area contributed by atoms with Crippen molar-refractivity contribution in [1.29, 1.82) is 0 Å². The highest BCUT2D eigenvalue weighted by molar-refractivity contribution is 6.31. The molecule has 2 aromatic rings. The minimum Gasteiger partial charge on any atom is -0.439 e. The molecule has 17 heavy (non-hydrogen) atoms. The molecule has 1 heterocycles. The number of rotatable bonds is 3. The van der Waals surface area contributed by atoms with Gasteiger partial charge >= 0.3 is 0 Å². The Bertz CT molecular complexity index is 531. The molecule has 0 bridgehead atoms. The third-order valence-electron chi connectivity index (χ3n) is 2.22. The van der Waals surface area contributed by atoms with Crippen molar-refractivity contribution in [3.8, 4) is 11.6 Å². The van der Waals surface area contributed by atoms with Gasteiger partial charge in [-0.1, -0.05) is 17.7 Å². The molecule has 0 fully saturated rings. The molecule has 2 N–H and O–H groups in total. The van der Waals surface area contributed by atoms with Crippen molar-refractivity contribution < 1.29 is 4.74 Å². The number of halogens is 1. The molecule has 0 spiro atoms. The molecule has 0 aliphatic heterocycles. The van der Waals surface area contributed by atoms with Gasteiger partial charge < -0.3 is 10.5 Å². The summed E-state index contributed by atoms with van der Waals surface area (Å²) in [5.41, 5.74) is 6.41. The molecule has 0 amide bonds. The van der Waals surface area contributed by atoms with E-state index >= 15 is 0 Å². The Morgan fingerprint density at radius 2 is 2.18 bits per heavy atom. The van der Waals surface area contributed by atoms with Crippen LogP contribution in [0.2, 0.25) is 5.02 Å². The van der Waals surface area contributed by atoms with Crippen LogP contribution in [0.15, 0.2) is 30.5 Å². The molecule has 1 aromatic carbocycles. The van der Waals surface area contributed by atoms with Crippen LogP contribution in [-0.4, -0.2) is 9.97 Å². The first-order chi connectivity index (χ1) is 8.19. The molecule has 0 radical (unpaired) electrons. The first kappa shape index (κ1) is 11.8. The summed E-state index contributed by atoms with van der Waals surface area (Å²) >= 11 is 6.03. The van der Waals surface area contributed by atoms with E-state index < -0.39 is 0 Å². The second-order valence-electron chi connectivity index (χ2n) is 3.50. The van der Waals surface area contributed by atoms with Crippen molar-refractivity contribution in [3.63, 3.8) is 0 Å². The normalized spacial score (nSPS) is 10.3. The maximum absolute atomic E-state index is 6.03. The average molecular weight is 250 g/mol. The lowest BCUT2D eigenvalue weighted by Gasteiger charge is -2.07. The summed E-state index contributed by atoms with van der Waals surface area (Å²) in [6.07, 6.45) is 1.65. The number of benzene rings is 1. The first-order valence-corrected chi connectivity index (χ1v) is 5.53. The summed E-state index contributed by atoms with van der Waals surface area (Å²) in [6, 6.07) is 7.07. The number of nitrogens with two attached hydrogens (primary N) is 1. The van der Waals surface area contributed by atoms with E-state index in [-0.39, 0.29) is 0 Å². The Labute approximate surface area is 104 Å². The van der Waals surface area contributed by atoms with E-state index in [1.54, 1.807) is 25.3 Å². The SMILES string of the molecule is Cc1nccc(Oc2ccc(CN)c(Cl)c2)n1. The quantitative estimate of drug-likeness (QED) is 0.909. The Kier molecular flexibility index (Phi) is 3.56. The van der Waals surface area contributed by atoms with Crippen molar-refractivity contribution in [2.75, 3.05) is 0 Å². The highest BCUT2D eigenvalue weighted by Crippen LogP contribution is 2.25. The molecule has 88 valence electrons. The van der Waals surface area contributed by atoms with Crippen molar-refractivity contribution in [1.82, 2.24) is 9.97 Å². The maximum Gasteiger partial charge on any atom is 0.222 e. The van der Waals surface area contributed by atoms with Crippen LogP contribution in [0, 0.1) is 6.92 Å². The van der Waals surface area contributed by atoms with Gasteiger partial charge in [-0.15, -0.1) is 0 Å². The van der Waals surface area contributed by atoms with E-state index in [2.05, 4.69) is 9.97 Å². The Morgan fingerprint density at radius 1 is 1.35 bits per heavy atom. The molecule has 1 aromatic heterocycles. The van der Waals surface area contributed by atoms with Gasteiger partial charge in [-0.2, -0.15) is 4.98 Å². The molecule has 5 heteroatoms. The van der Waals surface area contributed by atoms with Crippen molar-refractivity contribution in [2.45, 2.75) is 13.5 Å². The van der Waals surface area contributed by atoms with Gasteiger partial charge in [-0.25, -0.2) is 4.98 Å². The molecule has 0 atom stereocenters. The molecule has 0 aliphatic carbocycles. The number of hydrogen-bond donors (Lipinski definition) is 1. The topological polar surface area (TPSA) is 61.0 Å². The minimum absolute atomic E-state index is 0.408. The first-order valence-electron chi connectivity index (χ1n) is 5.15. The van der Waals surface area contributed by atoms with E-state index in [9.17, 15) is 0 Å². The summed E-state index contributed by atoms with van der Waals surface area (Å²) in [7, 11) is 0. The van der Waals surface area contributed by atoms with E-state index in [4.69, 9.17) is 22.1 Å². The van der Waals surface area contributed by atoms with E-state index in [1.807, 2.05) is 12.1 Å². The van der Waals surface area contributed by atoms with Gasteiger partial charge in [-0.3, -0.25) is 0 Å². The summed E-state index contributed by atoms with van der Waals surface area (Å²) in [5.74, 6) is 1.78. The molecule has 0 aliphatic rings. The average Bonchev–Trinajstić information content (AvgIpc) is 2.29. The molecular weight excluding hydrogens is 238 g/mol. The summed E-state index contributed by atoms with van der Waals surface area (Å²) in [4.78, 5) is 8.13. The summed E-state index contributed by atoms with van der Waals surface area (Å²) < 4.78 is 5.56. The molecule has 0 saturated carbocycles. The second-order valence-corrected chi connectivity index (χ2v) is 3.91. The molecule has 0 saturated heterocycles. The zero-order valence-electron chi connectivity index (χ0n) is 9.35. The van der Waals surface area contributed by atoms with Gasteiger partial charge in [0.15, 0.2) is 0 Å². The Morgan fingerprint density at radius 3 is 2.82 bits per heavy atom. The van der Waals surface area contributed by atoms with E-state index in [0.29, 0.717) is 29.0 Å². The highest BCUT2D eigenvalue weighted by Gasteiger charge is 2.03. The predicted octanol–water partition coefficient (Wildman–Crippen LogP) is 2.69. The Hall–Kier alpha value is -1.65. The van der Waals surface area contributed by atoms with Gasteiger partial charge in [0.1, 0.15) is 11.6 Å². The van der Waals surface area contributed by atoms with Crippen LogP contribution in [0.25, 0.3) is 0 Å². The molecule has 2 rings (SSSR count). The fourth-order valence-electron chi connectivity index (χ4n) is 1.37. The second kappa shape index (κ2) is 5.12. The smallest absolute Gasteiger partial charge is 0.222 e. The lowest BCUT2D eigenvalue weighted by atomic mass is 10.2. The van der Waals surface area contributed by atoms with Gasteiger partial charge in [0.25, 0.3) is 0 Å². The largest absolute Gasteiger partial charge is 0.439 e. The van der Waals surface area contributed by atoms with E-state index in [1.165, 1.54) is 0 Å². The number of ether oxygens (including phenoxy) is 1.